The van der Waals surface area contributed by atoms with Crippen molar-refractivity contribution in [1.29, 1.82) is 0 Å². The van der Waals surface area contributed by atoms with Crippen LogP contribution in [-0.2, 0) is 29.2 Å². The standard InChI is InChI=1S/C26H27NO2/c1-4-26(28)29-19-24-13-15-25(16-14-24)27(17-22-9-5-20(2)6-10-22)18-23-11-7-21(3)8-12-23/h4-16H,1,17-19H2,2-3H3. The van der Waals surface area contributed by atoms with Crippen LogP contribution in [0.4, 0.5) is 5.69 Å². The van der Waals surface area contributed by atoms with E-state index in [9.17, 15) is 4.79 Å². The van der Waals surface area contributed by atoms with Crippen LogP contribution in [0.25, 0.3) is 0 Å². The van der Waals surface area contributed by atoms with Gasteiger partial charge in [0.1, 0.15) is 6.61 Å². The van der Waals surface area contributed by atoms with Gasteiger partial charge in [0.2, 0.25) is 0 Å². The van der Waals surface area contributed by atoms with Crippen molar-refractivity contribution < 1.29 is 9.53 Å². The monoisotopic (exact) mass is 385 g/mol. The van der Waals surface area contributed by atoms with Crippen LogP contribution >= 0.6 is 0 Å². The van der Waals surface area contributed by atoms with Crippen molar-refractivity contribution >= 4 is 11.7 Å². The van der Waals surface area contributed by atoms with E-state index >= 15 is 0 Å². The van der Waals surface area contributed by atoms with Crippen molar-refractivity contribution in [1.82, 2.24) is 0 Å². The zero-order valence-corrected chi connectivity index (χ0v) is 17.1. The Balaban J connectivity index is 1.79. The van der Waals surface area contributed by atoms with E-state index in [1.807, 2.05) is 12.1 Å². The first kappa shape index (κ1) is 20.4. The Bertz CT molecular complexity index is 894. The molecule has 0 heterocycles. The van der Waals surface area contributed by atoms with Gasteiger partial charge in [-0.05, 0) is 42.7 Å². The molecule has 0 aromatic heterocycles. The summed E-state index contributed by atoms with van der Waals surface area (Å²) in [7, 11) is 0. The molecule has 0 N–H and O–H groups in total. The van der Waals surface area contributed by atoms with E-state index < -0.39 is 5.97 Å². The topological polar surface area (TPSA) is 29.5 Å². The number of nitrogens with zero attached hydrogens (tertiary/aromatic N) is 1. The number of benzene rings is 3. The minimum absolute atomic E-state index is 0.251. The van der Waals surface area contributed by atoms with Gasteiger partial charge < -0.3 is 9.64 Å². The molecule has 3 aromatic carbocycles. The van der Waals surface area contributed by atoms with Gasteiger partial charge in [-0.3, -0.25) is 0 Å². The summed E-state index contributed by atoms with van der Waals surface area (Å²) in [6.45, 7) is 9.51. The predicted octanol–water partition coefficient (Wildman–Crippen LogP) is 5.74. The summed E-state index contributed by atoms with van der Waals surface area (Å²) in [5.41, 5.74) is 7.15. The first-order valence-electron chi connectivity index (χ1n) is 9.77. The second-order valence-corrected chi connectivity index (χ2v) is 7.31. The Morgan fingerprint density at radius 3 is 1.69 bits per heavy atom. The highest BCUT2D eigenvalue weighted by atomic mass is 16.5. The molecule has 0 atom stereocenters. The fourth-order valence-corrected chi connectivity index (χ4v) is 3.08. The van der Waals surface area contributed by atoms with Gasteiger partial charge in [0.15, 0.2) is 0 Å². The largest absolute Gasteiger partial charge is 0.458 e. The summed E-state index contributed by atoms with van der Waals surface area (Å²) < 4.78 is 5.12. The Morgan fingerprint density at radius 2 is 1.24 bits per heavy atom. The summed E-state index contributed by atoms with van der Waals surface area (Å²) in [6.07, 6.45) is 1.18. The molecule has 0 fully saturated rings. The quantitative estimate of drug-likeness (QED) is 0.366. The summed E-state index contributed by atoms with van der Waals surface area (Å²) >= 11 is 0. The molecule has 0 saturated carbocycles. The summed E-state index contributed by atoms with van der Waals surface area (Å²) in [6, 6.07) is 25.5. The van der Waals surface area contributed by atoms with E-state index in [4.69, 9.17) is 4.74 Å². The van der Waals surface area contributed by atoms with Crippen LogP contribution in [0.1, 0.15) is 27.8 Å². The highest BCUT2D eigenvalue weighted by molar-refractivity contribution is 5.81. The van der Waals surface area contributed by atoms with Crippen molar-refractivity contribution in [3.8, 4) is 0 Å². The molecular formula is C26H27NO2. The van der Waals surface area contributed by atoms with Gasteiger partial charge in [0, 0.05) is 24.9 Å². The lowest BCUT2D eigenvalue weighted by Crippen LogP contribution is -2.22. The lowest BCUT2D eigenvalue weighted by atomic mass is 10.1. The maximum absolute atomic E-state index is 11.3. The Morgan fingerprint density at radius 1 is 0.793 bits per heavy atom. The van der Waals surface area contributed by atoms with Gasteiger partial charge in [-0.1, -0.05) is 78.4 Å². The Hall–Kier alpha value is -3.33. The molecule has 0 aliphatic carbocycles. The van der Waals surface area contributed by atoms with Gasteiger partial charge in [-0.2, -0.15) is 0 Å². The molecule has 0 amide bonds. The van der Waals surface area contributed by atoms with Crippen LogP contribution in [0, 0.1) is 13.8 Å². The van der Waals surface area contributed by atoms with Gasteiger partial charge >= 0.3 is 5.97 Å². The maximum Gasteiger partial charge on any atom is 0.330 e. The predicted molar refractivity (Wildman–Crippen MR) is 119 cm³/mol. The Labute approximate surface area is 173 Å². The SMILES string of the molecule is C=CC(=O)OCc1ccc(N(Cc2ccc(C)cc2)Cc2ccc(C)cc2)cc1. The van der Waals surface area contributed by atoms with E-state index in [-0.39, 0.29) is 6.61 Å². The zero-order valence-electron chi connectivity index (χ0n) is 17.1. The summed E-state index contributed by atoms with van der Waals surface area (Å²) in [5, 5.41) is 0. The molecular weight excluding hydrogens is 358 g/mol. The molecule has 0 spiro atoms. The fourth-order valence-electron chi connectivity index (χ4n) is 3.08. The number of rotatable bonds is 8. The van der Waals surface area contributed by atoms with Crippen LogP contribution in [0.15, 0.2) is 85.5 Å². The van der Waals surface area contributed by atoms with Crippen LogP contribution < -0.4 is 4.90 Å². The molecule has 0 unspecified atom stereocenters. The lowest BCUT2D eigenvalue weighted by molar-refractivity contribution is -0.138. The second-order valence-electron chi connectivity index (χ2n) is 7.31. The minimum atomic E-state index is -0.408. The summed E-state index contributed by atoms with van der Waals surface area (Å²) in [4.78, 5) is 13.6. The van der Waals surface area contributed by atoms with E-state index in [0.29, 0.717) is 0 Å². The molecule has 0 saturated heterocycles. The highest BCUT2D eigenvalue weighted by Crippen LogP contribution is 2.22. The third kappa shape index (κ3) is 6.08. The number of carbonyl (C=O) groups is 1. The van der Waals surface area contributed by atoms with Gasteiger partial charge in [0.25, 0.3) is 0 Å². The van der Waals surface area contributed by atoms with Crippen molar-refractivity contribution in [2.24, 2.45) is 0 Å². The average molecular weight is 386 g/mol. The molecule has 29 heavy (non-hydrogen) atoms. The van der Waals surface area contributed by atoms with Gasteiger partial charge in [-0.15, -0.1) is 0 Å². The molecule has 3 heteroatoms. The molecule has 0 aliphatic heterocycles. The van der Waals surface area contributed by atoms with Crippen molar-refractivity contribution in [2.75, 3.05) is 4.90 Å². The minimum Gasteiger partial charge on any atom is -0.458 e. The fraction of sp³-hybridized carbons (Fsp3) is 0.192. The van der Waals surface area contributed by atoms with E-state index in [0.717, 1.165) is 24.3 Å². The van der Waals surface area contributed by atoms with Crippen LogP contribution in [0.5, 0.6) is 0 Å². The normalized spacial score (nSPS) is 10.4. The zero-order chi connectivity index (χ0) is 20.6. The molecule has 148 valence electrons. The highest BCUT2D eigenvalue weighted by Gasteiger charge is 2.10. The van der Waals surface area contributed by atoms with Crippen molar-refractivity contribution in [3.63, 3.8) is 0 Å². The van der Waals surface area contributed by atoms with Crippen molar-refractivity contribution in [3.05, 3.63) is 113 Å². The van der Waals surface area contributed by atoms with Gasteiger partial charge in [-0.25, -0.2) is 4.79 Å². The third-order valence-corrected chi connectivity index (χ3v) is 4.84. The molecule has 0 aliphatic rings. The molecule has 0 radical (unpaired) electrons. The number of carbonyl (C=O) groups excluding carboxylic acids is 1. The van der Waals surface area contributed by atoms with E-state index in [2.05, 4.69) is 86.0 Å². The van der Waals surface area contributed by atoms with Gasteiger partial charge in [0.05, 0.1) is 0 Å². The van der Waals surface area contributed by atoms with E-state index in [1.54, 1.807) is 0 Å². The average Bonchev–Trinajstić information content (AvgIpc) is 2.75. The molecule has 3 aromatic rings. The lowest BCUT2D eigenvalue weighted by Gasteiger charge is -2.26. The van der Waals surface area contributed by atoms with Crippen LogP contribution in [-0.4, -0.2) is 5.97 Å². The van der Waals surface area contributed by atoms with E-state index in [1.165, 1.54) is 28.3 Å². The number of anilines is 1. The number of esters is 1. The molecule has 3 nitrogen and oxygen atoms in total. The molecule has 3 rings (SSSR count). The smallest absolute Gasteiger partial charge is 0.330 e. The Kier molecular flexibility index (Phi) is 6.85. The number of aryl methyl sites for hydroxylation is 2. The number of hydrogen-bond donors (Lipinski definition) is 0. The van der Waals surface area contributed by atoms with Crippen LogP contribution in [0.3, 0.4) is 0 Å². The number of hydrogen-bond acceptors (Lipinski definition) is 3. The summed E-state index contributed by atoms with van der Waals surface area (Å²) in [5.74, 6) is -0.408. The third-order valence-electron chi connectivity index (χ3n) is 4.84. The first-order valence-corrected chi connectivity index (χ1v) is 9.77. The van der Waals surface area contributed by atoms with Crippen LogP contribution in [0.2, 0.25) is 0 Å². The van der Waals surface area contributed by atoms with Crippen molar-refractivity contribution in [2.45, 2.75) is 33.5 Å². The number of ether oxygens (including phenoxy) is 1. The maximum atomic E-state index is 11.3. The molecule has 0 bridgehead atoms. The second kappa shape index (κ2) is 9.74. The first-order chi connectivity index (χ1) is 14.0.